The summed E-state index contributed by atoms with van der Waals surface area (Å²) < 4.78 is 46.4. The van der Waals surface area contributed by atoms with Crippen LogP contribution in [0.15, 0.2) is 81.0 Å². The molecular formula is C22H18FN3O5S. The molecule has 0 aliphatic carbocycles. The van der Waals surface area contributed by atoms with Crippen molar-refractivity contribution < 1.29 is 22.0 Å². The number of carbonyl (C=O) groups is 1. The van der Waals surface area contributed by atoms with E-state index in [9.17, 15) is 22.4 Å². The van der Waals surface area contributed by atoms with Gasteiger partial charge in [-0.15, -0.1) is 0 Å². The molecule has 0 aliphatic rings. The third kappa shape index (κ3) is 4.40. The lowest BCUT2D eigenvalue weighted by molar-refractivity contribution is 0.0777. The van der Waals surface area contributed by atoms with Gasteiger partial charge in [0.15, 0.2) is 0 Å². The number of amides is 1. The van der Waals surface area contributed by atoms with E-state index in [1.54, 1.807) is 19.2 Å². The summed E-state index contributed by atoms with van der Waals surface area (Å²) >= 11 is 0. The lowest BCUT2D eigenvalue weighted by Crippen LogP contribution is -2.27. The number of H-pyrrole nitrogens is 1. The molecule has 4 aromatic rings. The number of rotatable bonds is 6. The van der Waals surface area contributed by atoms with Gasteiger partial charge in [-0.1, -0.05) is 0 Å². The zero-order valence-electron chi connectivity index (χ0n) is 16.8. The number of hydrogen-bond acceptors (Lipinski definition) is 5. The number of pyridine rings is 1. The summed E-state index contributed by atoms with van der Waals surface area (Å²) in [4.78, 5) is 29.0. The Morgan fingerprint density at radius 3 is 2.56 bits per heavy atom. The van der Waals surface area contributed by atoms with Crippen LogP contribution in [0.5, 0.6) is 0 Å². The third-order valence-corrected chi connectivity index (χ3v) is 6.15. The van der Waals surface area contributed by atoms with Crippen LogP contribution in [-0.4, -0.2) is 31.3 Å². The molecule has 0 saturated carbocycles. The molecule has 8 nitrogen and oxygen atoms in total. The average molecular weight is 455 g/mol. The van der Waals surface area contributed by atoms with E-state index in [2.05, 4.69) is 9.71 Å². The highest BCUT2D eigenvalue weighted by molar-refractivity contribution is 7.92. The van der Waals surface area contributed by atoms with Crippen molar-refractivity contribution in [2.75, 3.05) is 11.8 Å². The Morgan fingerprint density at radius 1 is 1.12 bits per heavy atom. The largest absolute Gasteiger partial charge is 0.467 e. The van der Waals surface area contributed by atoms with Gasteiger partial charge in [0.1, 0.15) is 11.6 Å². The number of sulfonamides is 1. The van der Waals surface area contributed by atoms with Gasteiger partial charge in [-0.05, 0) is 54.6 Å². The lowest BCUT2D eigenvalue weighted by atomic mass is 10.1. The first kappa shape index (κ1) is 21.3. The molecule has 0 unspecified atom stereocenters. The Hall–Kier alpha value is -3.92. The van der Waals surface area contributed by atoms with E-state index < -0.39 is 27.3 Å². The Bertz CT molecular complexity index is 1450. The molecule has 32 heavy (non-hydrogen) atoms. The molecule has 10 heteroatoms. The number of halogens is 1. The standard InChI is InChI=1S/C22H18FN3O5S/c1-26(13-16-3-2-10-31-16)22(28)19-12-21(27)24-20-9-8-17(11-18(19)20)32(29,30)25-15-6-4-14(23)5-7-15/h2-12,25H,13H2,1H3,(H,24,27). The number of anilines is 1. The molecule has 2 aromatic heterocycles. The molecule has 1 amide bonds. The van der Waals surface area contributed by atoms with Crippen molar-refractivity contribution in [3.05, 3.63) is 94.4 Å². The highest BCUT2D eigenvalue weighted by Crippen LogP contribution is 2.23. The van der Waals surface area contributed by atoms with Crippen LogP contribution in [0.4, 0.5) is 10.1 Å². The van der Waals surface area contributed by atoms with Crippen LogP contribution in [0.1, 0.15) is 16.1 Å². The predicted octanol–water partition coefficient (Wildman–Crippen LogP) is 3.33. The molecular weight excluding hydrogens is 437 g/mol. The Kier molecular flexibility index (Phi) is 5.54. The summed E-state index contributed by atoms with van der Waals surface area (Å²) in [6.07, 6.45) is 1.49. The van der Waals surface area contributed by atoms with Gasteiger partial charge in [0, 0.05) is 29.7 Å². The minimum Gasteiger partial charge on any atom is -0.467 e. The summed E-state index contributed by atoms with van der Waals surface area (Å²) in [5, 5.41) is 0.267. The maximum Gasteiger partial charge on any atom is 0.261 e. The van der Waals surface area contributed by atoms with Gasteiger partial charge in [-0.2, -0.15) is 0 Å². The average Bonchev–Trinajstić information content (AvgIpc) is 3.26. The lowest BCUT2D eigenvalue weighted by Gasteiger charge is -2.17. The van der Waals surface area contributed by atoms with Crippen molar-refractivity contribution >= 4 is 32.5 Å². The van der Waals surface area contributed by atoms with E-state index in [0.29, 0.717) is 11.3 Å². The fourth-order valence-electron chi connectivity index (χ4n) is 3.22. The predicted molar refractivity (Wildman–Crippen MR) is 116 cm³/mol. The van der Waals surface area contributed by atoms with E-state index in [0.717, 1.165) is 18.2 Å². The van der Waals surface area contributed by atoms with Gasteiger partial charge < -0.3 is 14.3 Å². The van der Waals surface area contributed by atoms with Gasteiger partial charge in [0.05, 0.1) is 23.3 Å². The normalized spacial score (nSPS) is 11.4. The fraction of sp³-hybridized carbons (Fsp3) is 0.0909. The molecule has 2 N–H and O–H groups in total. The maximum absolute atomic E-state index is 13.1. The highest BCUT2D eigenvalue weighted by atomic mass is 32.2. The van der Waals surface area contributed by atoms with Crippen LogP contribution in [0.2, 0.25) is 0 Å². The number of benzene rings is 2. The van der Waals surface area contributed by atoms with Crippen LogP contribution in [0, 0.1) is 5.82 Å². The number of aromatic amines is 1. The number of carbonyl (C=O) groups excluding carboxylic acids is 1. The number of hydrogen-bond donors (Lipinski definition) is 2. The quantitative estimate of drug-likeness (QED) is 0.463. The second kappa shape index (κ2) is 8.31. The molecule has 0 spiro atoms. The van der Waals surface area contributed by atoms with Gasteiger partial charge >= 0.3 is 0 Å². The fourth-order valence-corrected chi connectivity index (χ4v) is 4.31. The zero-order chi connectivity index (χ0) is 22.9. The Labute approximate surface area is 182 Å². The van der Waals surface area contributed by atoms with Crippen LogP contribution in [-0.2, 0) is 16.6 Å². The SMILES string of the molecule is CN(Cc1ccco1)C(=O)c1cc(=O)[nH]c2ccc(S(=O)(=O)Nc3ccc(F)cc3)cc12. The van der Waals surface area contributed by atoms with Crippen LogP contribution in [0.25, 0.3) is 10.9 Å². The molecule has 0 saturated heterocycles. The van der Waals surface area contributed by atoms with Crippen molar-refractivity contribution in [3.63, 3.8) is 0 Å². The minimum absolute atomic E-state index is 0.0524. The van der Waals surface area contributed by atoms with E-state index in [1.807, 2.05) is 0 Å². The van der Waals surface area contributed by atoms with E-state index in [1.165, 1.54) is 41.5 Å². The molecule has 2 heterocycles. The van der Waals surface area contributed by atoms with Crippen molar-refractivity contribution in [2.45, 2.75) is 11.4 Å². The number of furan rings is 1. The first-order valence-corrected chi connectivity index (χ1v) is 10.9. The minimum atomic E-state index is -4.04. The highest BCUT2D eigenvalue weighted by Gasteiger charge is 2.20. The molecule has 0 fully saturated rings. The summed E-state index contributed by atoms with van der Waals surface area (Å²) in [6.45, 7) is 0.171. The smallest absolute Gasteiger partial charge is 0.261 e. The first-order valence-electron chi connectivity index (χ1n) is 9.46. The van der Waals surface area contributed by atoms with Crippen molar-refractivity contribution in [2.24, 2.45) is 0 Å². The van der Waals surface area contributed by atoms with E-state index in [-0.39, 0.29) is 28.1 Å². The topological polar surface area (TPSA) is 112 Å². The molecule has 0 bridgehead atoms. The summed E-state index contributed by atoms with van der Waals surface area (Å²) in [7, 11) is -2.49. The van der Waals surface area contributed by atoms with E-state index >= 15 is 0 Å². The maximum atomic E-state index is 13.1. The summed E-state index contributed by atoms with van der Waals surface area (Å²) in [5.74, 6) is -0.412. The first-order chi connectivity index (χ1) is 15.2. The number of aromatic nitrogens is 1. The number of nitrogens with zero attached hydrogens (tertiary/aromatic N) is 1. The third-order valence-electron chi connectivity index (χ3n) is 4.77. The molecule has 164 valence electrons. The molecule has 0 radical (unpaired) electrons. The number of fused-ring (bicyclic) bond motifs is 1. The second-order valence-corrected chi connectivity index (χ2v) is 8.79. The van der Waals surface area contributed by atoms with Crippen molar-refractivity contribution in [1.29, 1.82) is 0 Å². The van der Waals surface area contributed by atoms with Gasteiger partial charge in [-0.3, -0.25) is 14.3 Å². The Balaban J connectivity index is 1.72. The van der Waals surface area contributed by atoms with Crippen LogP contribution in [0.3, 0.4) is 0 Å². The van der Waals surface area contributed by atoms with Gasteiger partial charge in [0.25, 0.3) is 15.9 Å². The zero-order valence-corrected chi connectivity index (χ0v) is 17.6. The summed E-state index contributed by atoms with van der Waals surface area (Å²) in [5.41, 5.74) is 0.0550. The van der Waals surface area contributed by atoms with E-state index in [4.69, 9.17) is 4.42 Å². The Morgan fingerprint density at radius 2 is 1.88 bits per heavy atom. The molecule has 4 rings (SSSR count). The molecule has 0 aliphatic heterocycles. The summed E-state index contributed by atoms with van der Waals surface area (Å²) in [6, 6.07) is 13.4. The molecule has 0 atom stereocenters. The second-order valence-electron chi connectivity index (χ2n) is 7.11. The monoisotopic (exact) mass is 455 g/mol. The van der Waals surface area contributed by atoms with Gasteiger partial charge in [-0.25, -0.2) is 12.8 Å². The van der Waals surface area contributed by atoms with Crippen molar-refractivity contribution in [1.82, 2.24) is 9.88 Å². The number of nitrogens with one attached hydrogen (secondary N) is 2. The van der Waals surface area contributed by atoms with Gasteiger partial charge in [0.2, 0.25) is 5.56 Å². The molecule has 2 aromatic carbocycles. The van der Waals surface area contributed by atoms with Crippen LogP contribution < -0.4 is 10.3 Å². The van der Waals surface area contributed by atoms with Crippen LogP contribution >= 0.6 is 0 Å². The van der Waals surface area contributed by atoms with Crippen molar-refractivity contribution in [3.8, 4) is 0 Å².